The summed E-state index contributed by atoms with van der Waals surface area (Å²) in [5.41, 5.74) is 6.54. The highest BCUT2D eigenvalue weighted by Gasteiger charge is 1.99. The number of rotatable bonds is 7. The van der Waals surface area contributed by atoms with E-state index in [1.807, 2.05) is 24.3 Å². The van der Waals surface area contributed by atoms with E-state index in [9.17, 15) is 0 Å². The summed E-state index contributed by atoms with van der Waals surface area (Å²) in [4.78, 5) is 0. The van der Waals surface area contributed by atoms with E-state index in [1.54, 1.807) is 7.11 Å². The molecule has 0 heterocycles. The van der Waals surface area contributed by atoms with Gasteiger partial charge in [-0.1, -0.05) is 18.2 Å². The van der Waals surface area contributed by atoms with Crippen molar-refractivity contribution in [3.8, 4) is 5.75 Å². The van der Waals surface area contributed by atoms with Crippen LogP contribution in [0.3, 0.4) is 0 Å². The molecular formula is C11H17NO3. The second-order valence-electron chi connectivity index (χ2n) is 2.98. The van der Waals surface area contributed by atoms with Gasteiger partial charge >= 0.3 is 0 Å². The second-order valence-corrected chi connectivity index (χ2v) is 2.98. The first-order chi connectivity index (χ1) is 7.38. The van der Waals surface area contributed by atoms with E-state index in [4.69, 9.17) is 19.9 Å². The molecule has 0 aliphatic rings. The van der Waals surface area contributed by atoms with Crippen LogP contribution in [0, 0.1) is 0 Å². The fourth-order valence-corrected chi connectivity index (χ4v) is 1.12. The van der Waals surface area contributed by atoms with E-state index < -0.39 is 0 Å². The van der Waals surface area contributed by atoms with Crippen molar-refractivity contribution in [3.63, 3.8) is 0 Å². The van der Waals surface area contributed by atoms with E-state index >= 15 is 0 Å². The molecule has 0 aliphatic heterocycles. The normalized spacial score (nSPS) is 10.3. The molecule has 1 aromatic carbocycles. The van der Waals surface area contributed by atoms with Gasteiger partial charge in [-0.2, -0.15) is 0 Å². The van der Waals surface area contributed by atoms with Crippen LogP contribution < -0.4 is 10.5 Å². The maximum absolute atomic E-state index is 5.56. The third-order valence-corrected chi connectivity index (χ3v) is 1.92. The van der Waals surface area contributed by atoms with Crippen LogP contribution in [0.15, 0.2) is 24.3 Å². The van der Waals surface area contributed by atoms with Gasteiger partial charge in [0.2, 0.25) is 0 Å². The van der Waals surface area contributed by atoms with Gasteiger partial charge in [0.15, 0.2) is 6.79 Å². The Morgan fingerprint density at radius 3 is 2.73 bits per heavy atom. The Labute approximate surface area is 89.9 Å². The van der Waals surface area contributed by atoms with E-state index in [0.717, 1.165) is 11.3 Å². The van der Waals surface area contributed by atoms with E-state index in [-0.39, 0.29) is 6.79 Å². The zero-order valence-electron chi connectivity index (χ0n) is 8.94. The quantitative estimate of drug-likeness (QED) is 0.543. The molecule has 1 aromatic rings. The van der Waals surface area contributed by atoms with E-state index in [2.05, 4.69) is 0 Å². The molecule has 4 nitrogen and oxygen atoms in total. The molecule has 84 valence electrons. The lowest BCUT2D eigenvalue weighted by atomic mass is 10.2. The summed E-state index contributed by atoms with van der Waals surface area (Å²) in [6.07, 6.45) is 0. The van der Waals surface area contributed by atoms with Crippen LogP contribution in [0.25, 0.3) is 0 Å². The molecule has 0 bridgehead atoms. The summed E-state index contributed by atoms with van der Waals surface area (Å²) < 4.78 is 15.4. The number of nitrogens with two attached hydrogens (primary N) is 1. The van der Waals surface area contributed by atoms with Crippen LogP contribution in [0.2, 0.25) is 0 Å². The van der Waals surface area contributed by atoms with Gasteiger partial charge in [-0.15, -0.1) is 0 Å². The van der Waals surface area contributed by atoms with Crippen molar-refractivity contribution < 1.29 is 14.2 Å². The van der Waals surface area contributed by atoms with Crippen LogP contribution in [0.5, 0.6) is 5.75 Å². The molecule has 2 N–H and O–H groups in total. The first-order valence-corrected chi connectivity index (χ1v) is 4.86. The molecule has 0 radical (unpaired) electrons. The Hall–Kier alpha value is -1.10. The van der Waals surface area contributed by atoms with Crippen LogP contribution in [-0.2, 0) is 16.0 Å². The average molecular weight is 211 g/mol. The van der Waals surface area contributed by atoms with Crippen molar-refractivity contribution in [2.75, 3.05) is 27.1 Å². The lowest BCUT2D eigenvalue weighted by Crippen LogP contribution is -2.09. The number of benzene rings is 1. The SMILES string of the molecule is COCCOCOc1ccccc1CN. The predicted molar refractivity (Wildman–Crippen MR) is 57.7 cm³/mol. The molecule has 0 aromatic heterocycles. The molecule has 0 spiro atoms. The van der Waals surface area contributed by atoms with Crippen molar-refractivity contribution >= 4 is 0 Å². The summed E-state index contributed by atoms with van der Waals surface area (Å²) in [7, 11) is 1.63. The van der Waals surface area contributed by atoms with Crippen LogP contribution in [-0.4, -0.2) is 27.1 Å². The minimum absolute atomic E-state index is 0.223. The summed E-state index contributed by atoms with van der Waals surface area (Å²) in [6, 6.07) is 7.65. The summed E-state index contributed by atoms with van der Waals surface area (Å²) in [5, 5.41) is 0. The van der Waals surface area contributed by atoms with E-state index in [0.29, 0.717) is 19.8 Å². The molecule has 0 saturated heterocycles. The molecule has 0 atom stereocenters. The van der Waals surface area contributed by atoms with Crippen molar-refractivity contribution in [2.45, 2.75) is 6.54 Å². The topological polar surface area (TPSA) is 53.7 Å². The van der Waals surface area contributed by atoms with Crippen molar-refractivity contribution in [1.82, 2.24) is 0 Å². The Morgan fingerprint density at radius 2 is 2.00 bits per heavy atom. The maximum atomic E-state index is 5.56. The average Bonchev–Trinajstić information content (AvgIpc) is 2.29. The number of methoxy groups -OCH3 is 1. The highest BCUT2D eigenvalue weighted by atomic mass is 16.7. The lowest BCUT2D eigenvalue weighted by Gasteiger charge is -2.10. The van der Waals surface area contributed by atoms with Gasteiger partial charge in [0.25, 0.3) is 0 Å². The van der Waals surface area contributed by atoms with Crippen molar-refractivity contribution in [3.05, 3.63) is 29.8 Å². The molecule has 1 rings (SSSR count). The smallest absolute Gasteiger partial charge is 0.189 e. The predicted octanol–water partition coefficient (Wildman–Crippen LogP) is 1.14. The molecule has 0 amide bonds. The number of para-hydroxylation sites is 1. The van der Waals surface area contributed by atoms with Gasteiger partial charge in [-0.25, -0.2) is 0 Å². The fraction of sp³-hybridized carbons (Fsp3) is 0.455. The zero-order chi connectivity index (χ0) is 10.9. The number of ether oxygens (including phenoxy) is 3. The largest absolute Gasteiger partial charge is 0.467 e. The minimum atomic E-state index is 0.223. The molecular weight excluding hydrogens is 194 g/mol. The molecule has 0 fully saturated rings. The van der Waals surface area contributed by atoms with Gasteiger partial charge in [-0.05, 0) is 6.07 Å². The molecule has 0 aliphatic carbocycles. The van der Waals surface area contributed by atoms with Crippen molar-refractivity contribution in [1.29, 1.82) is 0 Å². The highest BCUT2D eigenvalue weighted by molar-refractivity contribution is 5.32. The minimum Gasteiger partial charge on any atom is -0.467 e. The third-order valence-electron chi connectivity index (χ3n) is 1.92. The first kappa shape index (κ1) is 12.0. The van der Waals surface area contributed by atoms with Gasteiger partial charge in [0.1, 0.15) is 5.75 Å². The van der Waals surface area contributed by atoms with Gasteiger partial charge < -0.3 is 19.9 Å². The van der Waals surface area contributed by atoms with Crippen molar-refractivity contribution in [2.24, 2.45) is 5.73 Å². The van der Waals surface area contributed by atoms with Crippen LogP contribution in [0.1, 0.15) is 5.56 Å². The highest BCUT2D eigenvalue weighted by Crippen LogP contribution is 2.16. The Balaban J connectivity index is 2.30. The van der Waals surface area contributed by atoms with Crippen LogP contribution >= 0.6 is 0 Å². The molecule has 15 heavy (non-hydrogen) atoms. The monoisotopic (exact) mass is 211 g/mol. The second kappa shape index (κ2) is 7.23. The number of hydrogen-bond donors (Lipinski definition) is 1. The molecule has 4 heteroatoms. The molecule has 0 unspecified atom stereocenters. The molecule has 0 saturated carbocycles. The summed E-state index contributed by atoms with van der Waals surface area (Å²) in [6.45, 7) is 1.79. The maximum Gasteiger partial charge on any atom is 0.189 e. The van der Waals surface area contributed by atoms with Gasteiger partial charge in [0, 0.05) is 19.2 Å². The Morgan fingerprint density at radius 1 is 1.20 bits per heavy atom. The fourth-order valence-electron chi connectivity index (χ4n) is 1.12. The third kappa shape index (κ3) is 4.29. The van der Waals surface area contributed by atoms with E-state index in [1.165, 1.54) is 0 Å². The Bertz CT molecular complexity index is 278. The summed E-state index contributed by atoms with van der Waals surface area (Å²) in [5.74, 6) is 0.775. The summed E-state index contributed by atoms with van der Waals surface area (Å²) >= 11 is 0. The van der Waals surface area contributed by atoms with Gasteiger partial charge in [0.05, 0.1) is 13.2 Å². The van der Waals surface area contributed by atoms with Crippen LogP contribution in [0.4, 0.5) is 0 Å². The standard InChI is InChI=1S/C11H17NO3/c1-13-6-7-14-9-15-11-5-3-2-4-10(11)8-12/h2-5H,6-9,12H2,1H3. The first-order valence-electron chi connectivity index (χ1n) is 4.86. The number of hydrogen-bond acceptors (Lipinski definition) is 4. The zero-order valence-corrected chi connectivity index (χ0v) is 8.94. The lowest BCUT2D eigenvalue weighted by molar-refractivity contribution is -0.00885. The van der Waals surface area contributed by atoms with Gasteiger partial charge in [-0.3, -0.25) is 0 Å². The Kier molecular flexibility index (Phi) is 5.77.